The molecular formula is C8H14N2S. The lowest BCUT2D eigenvalue weighted by Crippen LogP contribution is -2.07. The number of hydrogen-bond acceptors (Lipinski definition) is 3. The lowest BCUT2D eigenvalue weighted by Gasteiger charge is -2.05. The zero-order valence-corrected chi connectivity index (χ0v) is 7.53. The molecule has 0 aromatic carbocycles. The van der Waals surface area contributed by atoms with Gasteiger partial charge in [-0.3, -0.25) is 0 Å². The van der Waals surface area contributed by atoms with E-state index in [0.29, 0.717) is 0 Å². The molecule has 1 atom stereocenters. The zero-order valence-electron chi connectivity index (χ0n) is 6.71. The SMILES string of the molecule is CCCC(N)c1cc(N)cs1. The third kappa shape index (κ3) is 2.20. The van der Waals surface area contributed by atoms with Crippen LogP contribution in [0, 0.1) is 0 Å². The molecule has 0 bridgehead atoms. The zero-order chi connectivity index (χ0) is 8.27. The lowest BCUT2D eigenvalue weighted by atomic mass is 10.1. The molecule has 0 fully saturated rings. The summed E-state index contributed by atoms with van der Waals surface area (Å²) in [5.74, 6) is 0. The van der Waals surface area contributed by atoms with Crippen molar-refractivity contribution in [2.75, 3.05) is 5.73 Å². The van der Waals surface area contributed by atoms with Gasteiger partial charge in [0.15, 0.2) is 0 Å². The fourth-order valence-corrected chi connectivity index (χ4v) is 1.85. The first kappa shape index (κ1) is 8.56. The van der Waals surface area contributed by atoms with Gasteiger partial charge in [-0.25, -0.2) is 0 Å². The molecule has 3 heteroatoms. The minimum absolute atomic E-state index is 0.183. The molecule has 1 aromatic rings. The molecular weight excluding hydrogens is 156 g/mol. The Balaban J connectivity index is 2.60. The van der Waals surface area contributed by atoms with E-state index in [2.05, 4.69) is 6.92 Å². The van der Waals surface area contributed by atoms with Gasteiger partial charge in [-0.1, -0.05) is 13.3 Å². The summed E-state index contributed by atoms with van der Waals surface area (Å²) in [5, 5.41) is 1.94. The largest absolute Gasteiger partial charge is 0.398 e. The third-order valence-electron chi connectivity index (χ3n) is 1.61. The van der Waals surface area contributed by atoms with Crippen molar-refractivity contribution >= 4 is 17.0 Å². The van der Waals surface area contributed by atoms with Crippen molar-refractivity contribution in [2.45, 2.75) is 25.8 Å². The van der Waals surface area contributed by atoms with E-state index in [1.165, 1.54) is 4.88 Å². The van der Waals surface area contributed by atoms with Crippen LogP contribution in [0.15, 0.2) is 11.4 Å². The molecule has 0 aliphatic heterocycles. The van der Waals surface area contributed by atoms with Gasteiger partial charge in [-0.05, 0) is 12.5 Å². The Morgan fingerprint density at radius 3 is 2.82 bits per heavy atom. The fourth-order valence-electron chi connectivity index (χ4n) is 1.02. The van der Waals surface area contributed by atoms with E-state index in [1.54, 1.807) is 11.3 Å². The quantitative estimate of drug-likeness (QED) is 0.730. The maximum absolute atomic E-state index is 5.87. The molecule has 0 saturated heterocycles. The van der Waals surface area contributed by atoms with Gasteiger partial charge in [0.2, 0.25) is 0 Å². The van der Waals surface area contributed by atoms with Gasteiger partial charge in [-0.15, -0.1) is 11.3 Å². The highest BCUT2D eigenvalue weighted by Crippen LogP contribution is 2.24. The van der Waals surface area contributed by atoms with Gasteiger partial charge in [0.1, 0.15) is 0 Å². The Kier molecular flexibility index (Phi) is 2.91. The van der Waals surface area contributed by atoms with Crippen LogP contribution >= 0.6 is 11.3 Å². The second-order valence-electron chi connectivity index (χ2n) is 2.68. The maximum Gasteiger partial charge on any atom is 0.0426 e. The molecule has 0 amide bonds. The minimum atomic E-state index is 0.183. The van der Waals surface area contributed by atoms with E-state index in [1.807, 2.05) is 11.4 Å². The van der Waals surface area contributed by atoms with Crippen molar-refractivity contribution in [3.05, 3.63) is 16.3 Å². The van der Waals surface area contributed by atoms with E-state index in [9.17, 15) is 0 Å². The molecule has 2 nitrogen and oxygen atoms in total. The number of rotatable bonds is 3. The van der Waals surface area contributed by atoms with Crippen molar-refractivity contribution in [1.82, 2.24) is 0 Å². The first-order valence-electron chi connectivity index (χ1n) is 3.83. The summed E-state index contributed by atoms with van der Waals surface area (Å²) in [6, 6.07) is 2.15. The molecule has 62 valence electrons. The predicted octanol–water partition coefficient (Wildman–Crippen LogP) is 2.13. The summed E-state index contributed by atoms with van der Waals surface area (Å²) in [6.45, 7) is 2.14. The summed E-state index contributed by atoms with van der Waals surface area (Å²) in [6.07, 6.45) is 2.17. The van der Waals surface area contributed by atoms with Gasteiger partial charge in [0.05, 0.1) is 0 Å². The van der Waals surface area contributed by atoms with Crippen LogP contribution in [0.4, 0.5) is 5.69 Å². The van der Waals surface area contributed by atoms with Gasteiger partial charge in [0, 0.05) is 22.0 Å². The second-order valence-corrected chi connectivity index (χ2v) is 3.62. The molecule has 1 rings (SSSR count). The van der Waals surface area contributed by atoms with E-state index >= 15 is 0 Å². The van der Waals surface area contributed by atoms with E-state index in [-0.39, 0.29) is 6.04 Å². The number of nitrogens with two attached hydrogens (primary N) is 2. The normalized spacial score (nSPS) is 13.3. The average molecular weight is 170 g/mol. The summed E-state index contributed by atoms with van der Waals surface area (Å²) in [7, 11) is 0. The topological polar surface area (TPSA) is 52.0 Å². The predicted molar refractivity (Wildman–Crippen MR) is 50.6 cm³/mol. The van der Waals surface area contributed by atoms with E-state index in [4.69, 9.17) is 11.5 Å². The maximum atomic E-state index is 5.87. The molecule has 0 aliphatic carbocycles. The molecule has 1 unspecified atom stereocenters. The summed E-state index contributed by atoms with van der Waals surface area (Å²) < 4.78 is 0. The van der Waals surface area contributed by atoms with Crippen molar-refractivity contribution in [1.29, 1.82) is 0 Å². The van der Waals surface area contributed by atoms with Crippen LogP contribution in [0.1, 0.15) is 30.7 Å². The van der Waals surface area contributed by atoms with Gasteiger partial charge >= 0.3 is 0 Å². The second kappa shape index (κ2) is 3.74. The number of nitrogen functional groups attached to an aromatic ring is 1. The Hall–Kier alpha value is -0.540. The highest BCUT2D eigenvalue weighted by atomic mass is 32.1. The first-order chi connectivity index (χ1) is 5.24. The molecule has 1 aromatic heterocycles. The molecule has 4 N–H and O–H groups in total. The van der Waals surface area contributed by atoms with Crippen LogP contribution in [0.25, 0.3) is 0 Å². The average Bonchev–Trinajstić information content (AvgIpc) is 2.36. The molecule has 0 spiro atoms. The Bertz CT molecular complexity index is 220. The monoisotopic (exact) mass is 170 g/mol. The Labute approximate surface area is 71.2 Å². The summed E-state index contributed by atoms with van der Waals surface area (Å²) in [5.41, 5.74) is 12.3. The summed E-state index contributed by atoms with van der Waals surface area (Å²) in [4.78, 5) is 1.20. The fraction of sp³-hybridized carbons (Fsp3) is 0.500. The summed E-state index contributed by atoms with van der Waals surface area (Å²) >= 11 is 1.65. The van der Waals surface area contributed by atoms with Crippen molar-refractivity contribution in [3.63, 3.8) is 0 Å². The smallest absolute Gasteiger partial charge is 0.0426 e. The van der Waals surface area contributed by atoms with Crippen molar-refractivity contribution < 1.29 is 0 Å². The van der Waals surface area contributed by atoms with Crippen molar-refractivity contribution in [2.24, 2.45) is 5.73 Å². The van der Waals surface area contributed by atoms with Crippen LogP contribution in [-0.4, -0.2) is 0 Å². The molecule has 11 heavy (non-hydrogen) atoms. The number of thiophene rings is 1. The molecule has 0 radical (unpaired) electrons. The van der Waals surface area contributed by atoms with Crippen LogP contribution in [-0.2, 0) is 0 Å². The van der Waals surface area contributed by atoms with E-state index < -0.39 is 0 Å². The Morgan fingerprint density at radius 2 is 2.36 bits per heavy atom. The molecule has 0 aliphatic rings. The molecule has 0 saturated carbocycles. The molecule has 1 heterocycles. The number of hydrogen-bond donors (Lipinski definition) is 2. The van der Waals surface area contributed by atoms with Gasteiger partial charge in [-0.2, -0.15) is 0 Å². The first-order valence-corrected chi connectivity index (χ1v) is 4.71. The van der Waals surface area contributed by atoms with Crippen LogP contribution in [0.2, 0.25) is 0 Å². The van der Waals surface area contributed by atoms with E-state index in [0.717, 1.165) is 18.5 Å². The van der Waals surface area contributed by atoms with Gasteiger partial charge < -0.3 is 11.5 Å². The highest BCUT2D eigenvalue weighted by molar-refractivity contribution is 7.10. The van der Waals surface area contributed by atoms with Crippen LogP contribution in [0.3, 0.4) is 0 Å². The standard InChI is InChI=1S/C8H14N2S/c1-2-3-7(10)8-4-6(9)5-11-8/h4-5,7H,2-3,9-10H2,1H3. The lowest BCUT2D eigenvalue weighted by molar-refractivity contribution is 0.648. The van der Waals surface area contributed by atoms with Crippen LogP contribution in [0.5, 0.6) is 0 Å². The number of anilines is 1. The van der Waals surface area contributed by atoms with Crippen LogP contribution < -0.4 is 11.5 Å². The Morgan fingerprint density at radius 1 is 1.64 bits per heavy atom. The highest BCUT2D eigenvalue weighted by Gasteiger charge is 2.05. The van der Waals surface area contributed by atoms with Crippen molar-refractivity contribution in [3.8, 4) is 0 Å². The van der Waals surface area contributed by atoms with Gasteiger partial charge in [0.25, 0.3) is 0 Å². The minimum Gasteiger partial charge on any atom is -0.398 e. The third-order valence-corrected chi connectivity index (χ3v) is 2.69.